The van der Waals surface area contributed by atoms with Gasteiger partial charge in [-0.25, -0.2) is 0 Å². The fraction of sp³-hybridized carbons (Fsp3) is 1.00. The predicted octanol–water partition coefficient (Wildman–Crippen LogP) is 1.36. The highest BCUT2D eigenvalue weighted by Gasteiger charge is 2.36. The Morgan fingerprint density at radius 1 is 0.882 bits per heavy atom. The molecule has 1 aliphatic carbocycles. The minimum absolute atomic E-state index is 0.100. The molecule has 98 valence electrons. The van der Waals surface area contributed by atoms with Crippen molar-refractivity contribution >= 4 is 0 Å². The van der Waals surface area contributed by atoms with Crippen molar-refractivity contribution in [3.63, 3.8) is 0 Å². The smallest absolute Gasteiger partial charge is 0.0693 e. The molecule has 2 aliphatic heterocycles. The zero-order valence-corrected chi connectivity index (χ0v) is 10.8. The SMILES string of the molecule is OC1CCCCCC1NC1CCN2CCC1C2. The standard InChI is InChI=1S/C14H26N2O/c17-14-5-3-1-2-4-13(14)15-12-7-9-16-8-6-11(12)10-16/h11-15,17H,1-10H2. The Bertz CT molecular complexity index is 257. The van der Waals surface area contributed by atoms with Crippen molar-refractivity contribution < 1.29 is 5.11 Å². The average Bonchev–Trinajstić information content (AvgIpc) is 2.61. The zero-order chi connectivity index (χ0) is 11.7. The first kappa shape index (κ1) is 11.9. The molecule has 5 unspecified atom stereocenters. The van der Waals surface area contributed by atoms with Crippen LogP contribution in [-0.2, 0) is 0 Å². The van der Waals surface area contributed by atoms with Crippen molar-refractivity contribution in [1.29, 1.82) is 0 Å². The molecule has 0 aromatic heterocycles. The number of fused-ring (bicyclic) bond motifs is 2. The number of rotatable bonds is 2. The molecule has 17 heavy (non-hydrogen) atoms. The quantitative estimate of drug-likeness (QED) is 0.713. The molecule has 0 spiro atoms. The molecule has 3 nitrogen and oxygen atoms in total. The molecule has 1 saturated carbocycles. The van der Waals surface area contributed by atoms with E-state index in [2.05, 4.69) is 10.2 Å². The normalized spacial score (nSPS) is 46.8. The van der Waals surface area contributed by atoms with Crippen LogP contribution in [0.5, 0.6) is 0 Å². The van der Waals surface area contributed by atoms with Gasteiger partial charge in [-0.2, -0.15) is 0 Å². The molecule has 3 fully saturated rings. The lowest BCUT2D eigenvalue weighted by Gasteiger charge is -2.35. The molecule has 0 amide bonds. The van der Waals surface area contributed by atoms with Gasteiger partial charge >= 0.3 is 0 Å². The van der Waals surface area contributed by atoms with E-state index in [0.717, 1.165) is 12.3 Å². The summed E-state index contributed by atoms with van der Waals surface area (Å²) in [6.07, 6.45) is 8.53. The molecular formula is C14H26N2O. The van der Waals surface area contributed by atoms with E-state index in [4.69, 9.17) is 0 Å². The summed E-state index contributed by atoms with van der Waals surface area (Å²) < 4.78 is 0. The van der Waals surface area contributed by atoms with Gasteiger partial charge in [-0.15, -0.1) is 0 Å². The molecule has 3 aliphatic rings. The summed E-state index contributed by atoms with van der Waals surface area (Å²) in [5.41, 5.74) is 0. The van der Waals surface area contributed by atoms with E-state index in [0.29, 0.717) is 12.1 Å². The molecule has 0 radical (unpaired) electrons. The maximum atomic E-state index is 10.2. The first-order chi connectivity index (χ1) is 8.33. The van der Waals surface area contributed by atoms with Gasteiger partial charge in [-0.05, 0) is 44.7 Å². The third-order valence-electron chi connectivity index (χ3n) is 5.04. The Morgan fingerprint density at radius 2 is 1.71 bits per heavy atom. The van der Waals surface area contributed by atoms with Crippen LogP contribution < -0.4 is 5.32 Å². The number of aliphatic hydroxyl groups is 1. The van der Waals surface area contributed by atoms with E-state index < -0.39 is 0 Å². The highest BCUT2D eigenvalue weighted by atomic mass is 16.3. The number of nitrogens with zero attached hydrogens (tertiary/aromatic N) is 1. The minimum Gasteiger partial charge on any atom is -0.392 e. The predicted molar refractivity (Wildman–Crippen MR) is 69.0 cm³/mol. The lowest BCUT2D eigenvalue weighted by Crippen LogP contribution is -2.51. The van der Waals surface area contributed by atoms with Crippen molar-refractivity contribution in [2.75, 3.05) is 19.6 Å². The summed E-state index contributed by atoms with van der Waals surface area (Å²) in [5.74, 6) is 0.846. The van der Waals surface area contributed by atoms with E-state index in [1.54, 1.807) is 0 Å². The van der Waals surface area contributed by atoms with Crippen molar-refractivity contribution in [3.05, 3.63) is 0 Å². The summed E-state index contributed by atoms with van der Waals surface area (Å²) in [6, 6.07) is 1.04. The average molecular weight is 238 g/mol. The van der Waals surface area contributed by atoms with Crippen LogP contribution in [0.4, 0.5) is 0 Å². The van der Waals surface area contributed by atoms with Gasteiger partial charge in [0, 0.05) is 18.6 Å². The number of hydrogen-bond donors (Lipinski definition) is 2. The largest absolute Gasteiger partial charge is 0.392 e. The van der Waals surface area contributed by atoms with Gasteiger partial charge in [0.2, 0.25) is 0 Å². The molecule has 5 atom stereocenters. The maximum absolute atomic E-state index is 10.2. The van der Waals surface area contributed by atoms with E-state index in [9.17, 15) is 5.11 Å². The molecule has 3 rings (SSSR count). The van der Waals surface area contributed by atoms with Crippen LogP contribution >= 0.6 is 0 Å². The van der Waals surface area contributed by atoms with Gasteiger partial charge < -0.3 is 15.3 Å². The van der Waals surface area contributed by atoms with Crippen molar-refractivity contribution in [2.45, 2.75) is 63.1 Å². The lowest BCUT2D eigenvalue weighted by atomic mass is 9.92. The highest BCUT2D eigenvalue weighted by molar-refractivity contribution is 4.93. The summed E-state index contributed by atoms with van der Waals surface area (Å²) in [7, 11) is 0. The fourth-order valence-corrected chi connectivity index (χ4v) is 3.93. The topological polar surface area (TPSA) is 35.5 Å². The van der Waals surface area contributed by atoms with Crippen LogP contribution in [0.2, 0.25) is 0 Å². The first-order valence-electron chi connectivity index (χ1n) is 7.49. The molecule has 3 heteroatoms. The van der Waals surface area contributed by atoms with Crippen LogP contribution in [0, 0.1) is 5.92 Å². The van der Waals surface area contributed by atoms with Crippen molar-refractivity contribution in [1.82, 2.24) is 10.2 Å². The van der Waals surface area contributed by atoms with Gasteiger partial charge in [0.25, 0.3) is 0 Å². The number of hydrogen-bond acceptors (Lipinski definition) is 3. The van der Waals surface area contributed by atoms with Gasteiger partial charge in [-0.3, -0.25) is 0 Å². The zero-order valence-electron chi connectivity index (χ0n) is 10.8. The molecular weight excluding hydrogens is 212 g/mol. The Morgan fingerprint density at radius 3 is 2.65 bits per heavy atom. The molecule has 0 aromatic carbocycles. The second-order valence-electron chi connectivity index (χ2n) is 6.22. The number of piperidine rings is 1. The van der Waals surface area contributed by atoms with E-state index in [1.807, 2.05) is 0 Å². The van der Waals surface area contributed by atoms with Crippen LogP contribution in [0.15, 0.2) is 0 Å². The van der Waals surface area contributed by atoms with E-state index >= 15 is 0 Å². The van der Waals surface area contributed by atoms with Crippen molar-refractivity contribution in [2.24, 2.45) is 5.92 Å². The van der Waals surface area contributed by atoms with Crippen LogP contribution in [0.1, 0.15) is 44.9 Å². The second-order valence-corrected chi connectivity index (χ2v) is 6.22. The van der Waals surface area contributed by atoms with Crippen LogP contribution in [0.25, 0.3) is 0 Å². The third-order valence-corrected chi connectivity index (χ3v) is 5.04. The van der Waals surface area contributed by atoms with E-state index in [-0.39, 0.29) is 6.10 Å². The van der Waals surface area contributed by atoms with Gasteiger partial charge in [-0.1, -0.05) is 19.3 Å². The molecule has 2 bridgehead atoms. The van der Waals surface area contributed by atoms with Gasteiger partial charge in [0.1, 0.15) is 0 Å². The fourth-order valence-electron chi connectivity index (χ4n) is 3.93. The third kappa shape index (κ3) is 2.67. The molecule has 2 heterocycles. The second kappa shape index (κ2) is 5.25. The highest BCUT2D eigenvalue weighted by Crippen LogP contribution is 2.28. The van der Waals surface area contributed by atoms with Crippen molar-refractivity contribution in [3.8, 4) is 0 Å². The van der Waals surface area contributed by atoms with Crippen LogP contribution in [-0.4, -0.2) is 47.8 Å². The Labute approximate surface area is 105 Å². The lowest BCUT2D eigenvalue weighted by molar-refractivity contribution is 0.0997. The Hall–Kier alpha value is -0.120. The molecule has 0 aromatic rings. The minimum atomic E-state index is -0.100. The number of aliphatic hydroxyl groups excluding tert-OH is 1. The monoisotopic (exact) mass is 238 g/mol. The summed E-state index contributed by atoms with van der Waals surface area (Å²) in [5, 5.41) is 14.0. The Kier molecular flexibility index (Phi) is 3.69. The van der Waals surface area contributed by atoms with E-state index in [1.165, 1.54) is 58.2 Å². The molecule has 2 saturated heterocycles. The van der Waals surface area contributed by atoms with Gasteiger partial charge in [0.05, 0.1) is 6.10 Å². The summed E-state index contributed by atoms with van der Waals surface area (Å²) >= 11 is 0. The summed E-state index contributed by atoms with van der Waals surface area (Å²) in [6.45, 7) is 3.85. The summed E-state index contributed by atoms with van der Waals surface area (Å²) in [4.78, 5) is 2.59. The number of nitrogens with one attached hydrogen (secondary N) is 1. The first-order valence-corrected chi connectivity index (χ1v) is 7.49. The Balaban J connectivity index is 1.57. The van der Waals surface area contributed by atoms with Gasteiger partial charge in [0.15, 0.2) is 0 Å². The maximum Gasteiger partial charge on any atom is 0.0693 e. The van der Waals surface area contributed by atoms with Crippen LogP contribution in [0.3, 0.4) is 0 Å². The molecule has 2 N–H and O–H groups in total.